The standard InChI is InChI=1S/C16H21NO7S/c1-10-4-5-11(15(18)19)9-17(10)25(21,22)12-6-7-13(16(20)24-3)14(8-12)23-2/h6-8,10-11H,4-5,9H2,1-3H3,(H,18,19). The molecule has 2 rings (SSSR count). The van der Waals surface area contributed by atoms with Crippen LogP contribution in [-0.4, -0.2) is 56.6 Å². The van der Waals surface area contributed by atoms with Crippen molar-refractivity contribution in [1.82, 2.24) is 4.31 Å². The van der Waals surface area contributed by atoms with Gasteiger partial charge < -0.3 is 14.6 Å². The van der Waals surface area contributed by atoms with Crippen molar-refractivity contribution in [3.05, 3.63) is 23.8 Å². The summed E-state index contributed by atoms with van der Waals surface area (Å²) in [6.45, 7) is 1.66. The van der Waals surface area contributed by atoms with E-state index in [1.54, 1.807) is 6.92 Å². The molecular formula is C16H21NO7S. The lowest BCUT2D eigenvalue weighted by molar-refractivity contribution is -0.143. The largest absolute Gasteiger partial charge is 0.496 e. The van der Waals surface area contributed by atoms with Gasteiger partial charge in [-0.1, -0.05) is 0 Å². The maximum Gasteiger partial charge on any atom is 0.341 e. The molecule has 138 valence electrons. The molecule has 0 aliphatic carbocycles. The third kappa shape index (κ3) is 3.77. The van der Waals surface area contributed by atoms with Crippen molar-refractivity contribution < 1.29 is 32.6 Å². The molecular weight excluding hydrogens is 350 g/mol. The van der Waals surface area contributed by atoms with Gasteiger partial charge in [0.05, 0.1) is 25.0 Å². The maximum atomic E-state index is 12.9. The monoisotopic (exact) mass is 371 g/mol. The van der Waals surface area contributed by atoms with E-state index in [-0.39, 0.29) is 28.8 Å². The fourth-order valence-electron chi connectivity index (χ4n) is 2.86. The smallest absolute Gasteiger partial charge is 0.341 e. The van der Waals surface area contributed by atoms with Crippen LogP contribution in [0.4, 0.5) is 0 Å². The predicted molar refractivity (Wildman–Crippen MR) is 88.0 cm³/mol. The zero-order chi connectivity index (χ0) is 18.8. The van der Waals surface area contributed by atoms with Crippen LogP contribution in [0.25, 0.3) is 0 Å². The first-order valence-electron chi connectivity index (χ1n) is 7.73. The molecule has 1 aromatic carbocycles. The number of methoxy groups -OCH3 is 2. The Bertz CT molecular complexity index is 775. The van der Waals surface area contributed by atoms with Crippen molar-refractivity contribution in [2.75, 3.05) is 20.8 Å². The molecule has 0 aromatic heterocycles. The number of rotatable bonds is 5. The van der Waals surface area contributed by atoms with Crippen molar-refractivity contribution in [1.29, 1.82) is 0 Å². The Kier molecular flexibility index (Phi) is 5.69. The first-order valence-corrected chi connectivity index (χ1v) is 9.17. The highest BCUT2D eigenvalue weighted by Gasteiger charge is 2.37. The topological polar surface area (TPSA) is 110 Å². The van der Waals surface area contributed by atoms with Gasteiger partial charge in [0, 0.05) is 18.7 Å². The highest BCUT2D eigenvalue weighted by molar-refractivity contribution is 7.89. The molecule has 1 heterocycles. The third-order valence-electron chi connectivity index (χ3n) is 4.36. The molecule has 2 unspecified atom stereocenters. The first kappa shape index (κ1) is 19.2. The van der Waals surface area contributed by atoms with Crippen LogP contribution >= 0.6 is 0 Å². The van der Waals surface area contributed by atoms with Gasteiger partial charge in [-0.15, -0.1) is 0 Å². The highest BCUT2D eigenvalue weighted by Crippen LogP contribution is 2.31. The Morgan fingerprint density at radius 3 is 2.48 bits per heavy atom. The molecule has 0 saturated carbocycles. The van der Waals surface area contributed by atoms with E-state index in [0.717, 1.165) is 0 Å². The van der Waals surface area contributed by atoms with Gasteiger partial charge in [0.1, 0.15) is 11.3 Å². The number of benzene rings is 1. The van der Waals surface area contributed by atoms with Crippen molar-refractivity contribution >= 4 is 22.0 Å². The van der Waals surface area contributed by atoms with Crippen LogP contribution in [0.2, 0.25) is 0 Å². The number of hydrogen-bond donors (Lipinski definition) is 1. The number of esters is 1. The molecule has 25 heavy (non-hydrogen) atoms. The molecule has 1 aromatic rings. The summed E-state index contributed by atoms with van der Waals surface area (Å²) in [5, 5.41) is 9.19. The van der Waals surface area contributed by atoms with Crippen molar-refractivity contribution in [2.24, 2.45) is 5.92 Å². The number of carboxylic acids is 1. The number of piperidine rings is 1. The molecule has 0 bridgehead atoms. The van der Waals surface area contributed by atoms with Gasteiger partial charge in [-0.3, -0.25) is 4.79 Å². The zero-order valence-corrected chi connectivity index (χ0v) is 15.1. The average molecular weight is 371 g/mol. The van der Waals surface area contributed by atoms with Crippen LogP contribution < -0.4 is 4.74 Å². The average Bonchev–Trinajstić information content (AvgIpc) is 2.60. The number of carboxylic acid groups (broad SMARTS) is 1. The highest BCUT2D eigenvalue weighted by atomic mass is 32.2. The van der Waals surface area contributed by atoms with Gasteiger partial charge in [-0.2, -0.15) is 4.31 Å². The maximum absolute atomic E-state index is 12.9. The molecule has 1 N–H and O–H groups in total. The lowest BCUT2D eigenvalue weighted by Crippen LogP contribution is -2.47. The van der Waals surface area contributed by atoms with Crippen LogP contribution in [0.1, 0.15) is 30.1 Å². The quantitative estimate of drug-likeness (QED) is 0.778. The first-order chi connectivity index (χ1) is 11.7. The summed E-state index contributed by atoms with van der Waals surface area (Å²) < 4.78 is 36.8. The molecule has 0 radical (unpaired) electrons. The minimum absolute atomic E-state index is 0.0603. The van der Waals surface area contributed by atoms with Crippen LogP contribution in [0.3, 0.4) is 0 Å². The van der Waals surface area contributed by atoms with Crippen molar-refractivity contribution in [3.63, 3.8) is 0 Å². The summed E-state index contributed by atoms with van der Waals surface area (Å²) >= 11 is 0. The molecule has 1 saturated heterocycles. The number of hydrogen-bond acceptors (Lipinski definition) is 6. The van der Waals surface area contributed by atoms with Crippen LogP contribution in [-0.2, 0) is 19.6 Å². The van der Waals surface area contributed by atoms with E-state index in [4.69, 9.17) is 4.74 Å². The summed E-state index contributed by atoms with van der Waals surface area (Å²) in [5.74, 6) is -2.31. The summed E-state index contributed by atoms with van der Waals surface area (Å²) in [6.07, 6.45) is 0.903. The van der Waals surface area contributed by atoms with Crippen molar-refractivity contribution in [3.8, 4) is 5.75 Å². The summed E-state index contributed by atoms with van der Waals surface area (Å²) in [4.78, 5) is 22.9. The number of ether oxygens (including phenoxy) is 2. The minimum atomic E-state index is -3.92. The predicted octanol–water partition coefficient (Wildman–Crippen LogP) is 1.36. The number of carbonyl (C=O) groups excluding carboxylic acids is 1. The Hall–Kier alpha value is -2.13. The SMILES string of the molecule is COC(=O)c1ccc(S(=O)(=O)N2CC(C(=O)O)CCC2C)cc1OC. The molecule has 9 heteroatoms. The summed E-state index contributed by atoms with van der Waals surface area (Å²) in [6, 6.07) is 3.55. The minimum Gasteiger partial charge on any atom is -0.496 e. The second-order valence-corrected chi connectivity index (χ2v) is 7.78. The zero-order valence-electron chi connectivity index (χ0n) is 14.3. The molecule has 8 nitrogen and oxygen atoms in total. The lowest BCUT2D eigenvalue weighted by atomic mass is 9.96. The third-order valence-corrected chi connectivity index (χ3v) is 6.34. The lowest BCUT2D eigenvalue weighted by Gasteiger charge is -2.35. The number of carbonyl (C=O) groups is 2. The Balaban J connectivity index is 2.41. The Morgan fingerprint density at radius 1 is 1.24 bits per heavy atom. The molecule has 1 fully saturated rings. The van der Waals surface area contributed by atoms with E-state index < -0.39 is 27.9 Å². The molecule has 1 aliphatic rings. The Labute approximate surface area is 146 Å². The van der Waals surface area contributed by atoms with E-state index in [9.17, 15) is 23.1 Å². The number of aliphatic carboxylic acids is 1. The van der Waals surface area contributed by atoms with E-state index in [2.05, 4.69) is 4.74 Å². The van der Waals surface area contributed by atoms with Crippen LogP contribution in [0, 0.1) is 5.92 Å². The van der Waals surface area contributed by atoms with Gasteiger partial charge in [0.25, 0.3) is 0 Å². The van der Waals surface area contributed by atoms with E-state index in [0.29, 0.717) is 12.8 Å². The second kappa shape index (κ2) is 7.40. The van der Waals surface area contributed by atoms with Crippen LogP contribution in [0.15, 0.2) is 23.1 Å². The van der Waals surface area contributed by atoms with Gasteiger partial charge >= 0.3 is 11.9 Å². The Morgan fingerprint density at radius 2 is 1.92 bits per heavy atom. The molecule has 0 amide bonds. The summed E-state index contributed by atoms with van der Waals surface area (Å²) in [7, 11) is -1.38. The molecule has 1 aliphatic heterocycles. The van der Waals surface area contributed by atoms with Crippen molar-refractivity contribution in [2.45, 2.75) is 30.7 Å². The molecule has 2 atom stereocenters. The van der Waals surface area contributed by atoms with E-state index in [1.165, 1.54) is 36.7 Å². The normalized spacial score (nSPS) is 21.6. The van der Waals surface area contributed by atoms with Crippen LogP contribution in [0.5, 0.6) is 5.75 Å². The fraction of sp³-hybridized carbons (Fsp3) is 0.500. The van der Waals surface area contributed by atoms with E-state index >= 15 is 0 Å². The second-order valence-electron chi connectivity index (χ2n) is 5.89. The summed E-state index contributed by atoms with van der Waals surface area (Å²) in [5.41, 5.74) is 0.110. The van der Waals surface area contributed by atoms with Gasteiger partial charge in [-0.25, -0.2) is 13.2 Å². The fourth-order valence-corrected chi connectivity index (χ4v) is 4.58. The number of sulfonamides is 1. The van der Waals surface area contributed by atoms with Gasteiger partial charge in [-0.05, 0) is 31.9 Å². The molecule has 0 spiro atoms. The number of nitrogens with zero attached hydrogens (tertiary/aromatic N) is 1. The van der Waals surface area contributed by atoms with Gasteiger partial charge in [0.2, 0.25) is 10.0 Å². The van der Waals surface area contributed by atoms with E-state index in [1.807, 2.05) is 0 Å². The van der Waals surface area contributed by atoms with Gasteiger partial charge in [0.15, 0.2) is 0 Å².